The van der Waals surface area contributed by atoms with Gasteiger partial charge >= 0.3 is 0 Å². The molecule has 2 heterocycles. The fourth-order valence-electron chi connectivity index (χ4n) is 1.70. The standard InChI is InChI=1S/C9H16N2S/c1-6-12-8-9(1)7-11-4-2-10-3-5-11/h8,10H,1-7H2. The highest BCUT2D eigenvalue weighted by molar-refractivity contribution is 8.02. The Morgan fingerprint density at radius 3 is 2.92 bits per heavy atom. The minimum atomic E-state index is 1.17. The molecule has 1 N–H and O–H groups in total. The molecule has 3 heteroatoms. The lowest BCUT2D eigenvalue weighted by Gasteiger charge is -2.27. The molecule has 2 aliphatic heterocycles. The summed E-state index contributed by atoms with van der Waals surface area (Å²) in [6.07, 6.45) is 1.31. The molecule has 1 fully saturated rings. The highest BCUT2D eigenvalue weighted by atomic mass is 32.2. The molecule has 0 aromatic rings. The maximum Gasteiger partial charge on any atom is 0.0202 e. The second kappa shape index (κ2) is 4.30. The monoisotopic (exact) mass is 184 g/mol. The number of thioether (sulfide) groups is 1. The van der Waals surface area contributed by atoms with Crippen molar-refractivity contribution >= 4 is 11.8 Å². The van der Waals surface area contributed by atoms with Crippen LogP contribution >= 0.6 is 11.8 Å². The summed E-state index contributed by atoms with van der Waals surface area (Å²) in [6, 6.07) is 0. The van der Waals surface area contributed by atoms with Gasteiger partial charge < -0.3 is 5.32 Å². The quantitative estimate of drug-likeness (QED) is 0.687. The zero-order chi connectivity index (χ0) is 8.23. The highest BCUT2D eigenvalue weighted by Crippen LogP contribution is 2.22. The van der Waals surface area contributed by atoms with Gasteiger partial charge in [-0.05, 0) is 17.4 Å². The molecule has 0 aliphatic carbocycles. The first-order valence-corrected chi connectivity index (χ1v) is 5.72. The average Bonchev–Trinajstić information content (AvgIpc) is 2.59. The number of rotatable bonds is 2. The van der Waals surface area contributed by atoms with Gasteiger partial charge in [-0.15, -0.1) is 11.8 Å². The van der Waals surface area contributed by atoms with Gasteiger partial charge in [-0.1, -0.05) is 0 Å². The SMILES string of the molecule is C1=C(CN2CCNCC2)CCS1. The van der Waals surface area contributed by atoms with Crippen LogP contribution in [-0.4, -0.2) is 43.4 Å². The molecular formula is C9H16N2S. The predicted octanol–water partition coefficient (Wildman–Crippen LogP) is 0.912. The van der Waals surface area contributed by atoms with Gasteiger partial charge in [-0.25, -0.2) is 0 Å². The van der Waals surface area contributed by atoms with Gasteiger partial charge in [0.15, 0.2) is 0 Å². The fraction of sp³-hybridized carbons (Fsp3) is 0.778. The first kappa shape index (κ1) is 8.60. The number of hydrogen-bond donors (Lipinski definition) is 1. The van der Waals surface area contributed by atoms with Crippen LogP contribution in [-0.2, 0) is 0 Å². The normalized spacial score (nSPS) is 25.8. The molecular weight excluding hydrogens is 168 g/mol. The van der Waals surface area contributed by atoms with Crippen LogP contribution in [0.15, 0.2) is 11.0 Å². The summed E-state index contributed by atoms with van der Waals surface area (Å²) >= 11 is 1.97. The van der Waals surface area contributed by atoms with E-state index in [9.17, 15) is 0 Å². The lowest BCUT2D eigenvalue weighted by atomic mass is 10.2. The van der Waals surface area contributed by atoms with Crippen molar-refractivity contribution < 1.29 is 0 Å². The Hall–Kier alpha value is 0.0100. The van der Waals surface area contributed by atoms with Crippen molar-refractivity contribution in [2.45, 2.75) is 6.42 Å². The van der Waals surface area contributed by atoms with E-state index < -0.39 is 0 Å². The summed E-state index contributed by atoms with van der Waals surface area (Å²) in [5.74, 6) is 1.31. The minimum Gasteiger partial charge on any atom is -0.314 e. The highest BCUT2D eigenvalue weighted by Gasteiger charge is 2.12. The van der Waals surface area contributed by atoms with E-state index in [1.165, 1.54) is 44.9 Å². The molecule has 68 valence electrons. The molecule has 0 bridgehead atoms. The molecule has 12 heavy (non-hydrogen) atoms. The maximum absolute atomic E-state index is 3.37. The third-order valence-corrected chi connectivity index (χ3v) is 3.37. The van der Waals surface area contributed by atoms with Crippen LogP contribution < -0.4 is 5.32 Å². The Labute approximate surface area is 78.4 Å². The van der Waals surface area contributed by atoms with E-state index in [0.29, 0.717) is 0 Å². The van der Waals surface area contributed by atoms with Crippen molar-refractivity contribution in [1.29, 1.82) is 0 Å². The molecule has 0 spiro atoms. The number of nitrogens with one attached hydrogen (secondary N) is 1. The van der Waals surface area contributed by atoms with E-state index in [-0.39, 0.29) is 0 Å². The van der Waals surface area contributed by atoms with Crippen molar-refractivity contribution in [3.63, 3.8) is 0 Å². The van der Waals surface area contributed by atoms with Crippen LogP contribution in [0.1, 0.15) is 6.42 Å². The zero-order valence-electron chi connectivity index (χ0n) is 7.38. The van der Waals surface area contributed by atoms with Crippen LogP contribution in [0.2, 0.25) is 0 Å². The Morgan fingerprint density at radius 2 is 2.25 bits per heavy atom. The van der Waals surface area contributed by atoms with Gasteiger partial charge in [0.2, 0.25) is 0 Å². The molecule has 2 rings (SSSR count). The third-order valence-electron chi connectivity index (χ3n) is 2.43. The van der Waals surface area contributed by atoms with Crippen LogP contribution in [0.25, 0.3) is 0 Å². The Kier molecular flexibility index (Phi) is 3.08. The van der Waals surface area contributed by atoms with E-state index in [4.69, 9.17) is 0 Å². The lowest BCUT2D eigenvalue weighted by molar-refractivity contribution is 0.258. The van der Waals surface area contributed by atoms with E-state index in [1.54, 1.807) is 5.57 Å². The second-order valence-electron chi connectivity index (χ2n) is 3.42. The van der Waals surface area contributed by atoms with E-state index in [1.807, 2.05) is 11.8 Å². The molecule has 0 aromatic heterocycles. The average molecular weight is 184 g/mol. The first-order chi connectivity index (χ1) is 5.95. The summed E-state index contributed by atoms with van der Waals surface area (Å²) in [4.78, 5) is 2.55. The van der Waals surface area contributed by atoms with Crippen LogP contribution in [0.3, 0.4) is 0 Å². The predicted molar refractivity (Wildman–Crippen MR) is 54.5 cm³/mol. The van der Waals surface area contributed by atoms with Gasteiger partial charge in [0, 0.05) is 38.5 Å². The molecule has 0 radical (unpaired) electrons. The number of hydrogen-bond acceptors (Lipinski definition) is 3. The minimum absolute atomic E-state index is 1.17. The largest absolute Gasteiger partial charge is 0.314 e. The van der Waals surface area contributed by atoms with Gasteiger partial charge in [0.1, 0.15) is 0 Å². The van der Waals surface area contributed by atoms with E-state index >= 15 is 0 Å². The summed E-state index contributed by atoms with van der Waals surface area (Å²) in [5.41, 5.74) is 1.64. The van der Waals surface area contributed by atoms with Crippen molar-refractivity contribution in [3.8, 4) is 0 Å². The van der Waals surface area contributed by atoms with Crippen LogP contribution in [0, 0.1) is 0 Å². The number of nitrogens with zero attached hydrogens (tertiary/aromatic N) is 1. The fourth-order valence-corrected chi connectivity index (χ4v) is 2.62. The Balaban J connectivity index is 1.77. The van der Waals surface area contributed by atoms with Gasteiger partial charge in [-0.2, -0.15) is 0 Å². The van der Waals surface area contributed by atoms with Crippen LogP contribution in [0.4, 0.5) is 0 Å². The molecule has 0 atom stereocenters. The molecule has 0 aromatic carbocycles. The summed E-state index contributed by atoms with van der Waals surface area (Å²) in [6.45, 7) is 6.00. The Morgan fingerprint density at radius 1 is 1.42 bits per heavy atom. The summed E-state index contributed by atoms with van der Waals surface area (Å²) in [5, 5.41) is 5.72. The van der Waals surface area contributed by atoms with Gasteiger partial charge in [-0.3, -0.25) is 4.90 Å². The maximum atomic E-state index is 3.37. The molecule has 2 nitrogen and oxygen atoms in total. The van der Waals surface area contributed by atoms with Gasteiger partial charge in [0.25, 0.3) is 0 Å². The third kappa shape index (κ3) is 2.25. The first-order valence-electron chi connectivity index (χ1n) is 4.68. The topological polar surface area (TPSA) is 15.3 Å². The van der Waals surface area contributed by atoms with Crippen LogP contribution in [0.5, 0.6) is 0 Å². The second-order valence-corrected chi connectivity index (χ2v) is 4.40. The van der Waals surface area contributed by atoms with Crippen molar-refractivity contribution in [2.75, 3.05) is 38.5 Å². The van der Waals surface area contributed by atoms with Gasteiger partial charge in [0.05, 0.1) is 0 Å². The van der Waals surface area contributed by atoms with Crippen molar-refractivity contribution in [3.05, 3.63) is 11.0 Å². The van der Waals surface area contributed by atoms with Crippen molar-refractivity contribution in [1.82, 2.24) is 10.2 Å². The lowest BCUT2D eigenvalue weighted by Crippen LogP contribution is -2.44. The molecule has 1 saturated heterocycles. The van der Waals surface area contributed by atoms with E-state index in [2.05, 4.69) is 15.6 Å². The Bertz CT molecular complexity index is 173. The summed E-state index contributed by atoms with van der Waals surface area (Å²) < 4.78 is 0. The van der Waals surface area contributed by atoms with E-state index in [0.717, 1.165) is 0 Å². The van der Waals surface area contributed by atoms with Crippen molar-refractivity contribution in [2.24, 2.45) is 0 Å². The molecule has 0 amide bonds. The molecule has 2 aliphatic rings. The summed E-state index contributed by atoms with van der Waals surface area (Å²) in [7, 11) is 0. The smallest absolute Gasteiger partial charge is 0.0202 e. The molecule has 0 saturated carbocycles. The molecule has 0 unspecified atom stereocenters. The zero-order valence-corrected chi connectivity index (χ0v) is 8.20. The number of piperazine rings is 1.